The third kappa shape index (κ3) is 4.04. The number of aromatic nitrogens is 2. The third-order valence-electron chi connectivity index (χ3n) is 5.74. The lowest BCUT2D eigenvalue weighted by Gasteiger charge is -2.34. The lowest BCUT2D eigenvalue weighted by molar-refractivity contribution is -0.137. The van der Waals surface area contributed by atoms with E-state index in [1.165, 1.54) is 12.1 Å². The number of hydrogen-bond acceptors (Lipinski definition) is 4. The van der Waals surface area contributed by atoms with Gasteiger partial charge in [-0.3, -0.25) is 4.79 Å². The molecule has 0 N–H and O–H groups in total. The zero-order chi connectivity index (χ0) is 20.5. The lowest BCUT2D eigenvalue weighted by Crippen LogP contribution is -2.44. The number of nitrogens with zero attached hydrogens (tertiary/aromatic N) is 3. The summed E-state index contributed by atoms with van der Waals surface area (Å²) < 4.78 is 20.3. The predicted molar refractivity (Wildman–Crippen MR) is 105 cm³/mol. The first kappa shape index (κ1) is 19.6. The van der Waals surface area contributed by atoms with Crippen LogP contribution >= 0.6 is 0 Å². The van der Waals surface area contributed by atoms with Gasteiger partial charge < -0.3 is 9.64 Å². The van der Waals surface area contributed by atoms with E-state index in [1.54, 1.807) is 21.7 Å². The summed E-state index contributed by atoms with van der Waals surface area (Å²) in [5.74, 6) is -0.153. The van der Waals surface area contributed by atoms with Crippen LogP contribution in [0.4, 0.5) is 4.39 Å². The first-order chi connectivity index (χ1) is 13.9. The van der Waals surface area contributed by atoms with Crippen LogP contribution in [0, 0.1) is 17.7 Å². The number of halogens is 1. The molecule has 0 spiro atoms. The van der Waals surface area contributed by atoms with E-state index in [0.29, 0.717) is 30.6 Å². The van der Waals surface area contributed by atoms with E-state index in [4.69, 9.17) is 4.74 Å². The minimum absolute atomic E-state index is 0.161. The monoisotopic (exact) mass is 399 g/mol. The normalized spacial score (nSPS) is 21.1. The maximum Gasteiger partial charge on any atom is 0.359 e. The zero-order valence-electron chi connectivity index (χ0n) is 16.9. The number of fused-ring (bicyclic) bond motifs is 1. The summed E-state index contributed by atoms with van der Waals surface area (Å²) in [6.45, 7) is 5.40. The standard InChI is InChI=1S/C22H26FN3O3/c1-14-10-15(2)12-25(11-14)20(27)13-29-22(28)21-18-4-3-5-19(18)26(24-21)17-8-6-16(23)7-9-17/h6-9,14-15H,3-5,10-13H2,1-2H3. The Morgan fingerprint density at radius 3 is 2.52 bits per heavy atom. The molecule has 0 saturated carbocycles. The highest BCUT2D eigenvalue weighted by molar-refractivity contribution is 5.91. The van der Waals surface area contributed by atoms with Gasteiger partial charge in [0, 0.05) is 24.3 Å². The predicted octanol–water partition coefficient (Wildman–Crippen LogP) is 3.16. The van der Waals surface area contributed by atoms with Crippen molar-refractivity contribution in [2.75, 3.05) is 19.7 Å². The van der Waals surface area contributed by atoms with Crippen molar-refractivity contribution in [1.29, 1.82) is 0 Å². The SMILES string of the molecule is CC1CC(C)CN(C(=O)COC(=O)c2nn(-c3ccc(F)cc3)c3c2CCC3)C1. The number of hydrogen-bond donors (Lipinski definition) is 0. The van der Waals surface area contributed by atoms with Crippen molar-refractivity contribution in [1.82, 2.24) is 14.7 Å². The molecule has 1 fully saturated rings. The smallest absolute Gasteiger partial charge is 0.359 e. The van der Waals surface area contributed by atoms with Gasteiger partial charge in [0.05, 0.1) is 5.69 Å². The molecule has 154 valence electrons. The number of rotatable bonds is 4. The molecule has 29 heavy (non-hydrogen) atoms. The van der Waals surface area contributed by atoms with E-state index in [1.807, 2.05) is 0 Å². The molecule has 6 nitrogen and oxygen atoms in total. The average Bonchev–Trinajstić information content (AvgIpc) is 3.28. The summed E-state index contributed by atoms with van der Waals surface area (Å²) in [7, 11) is 0. The second-order valence-corrected chi connectivity index (χ2v) is 8.34. The van der Waals surface area contributed by atoms with Gasteiger partial charge >= 0.3 is 5.97 Å². The van der Waals surface area contributed by atoms with Crippen LogP contribution < -0.4 is 0 Å². The van der Waals surface area contributed by atoms with Crippen LogP contribution in [0.25, 0.3) is 5.69 Å². The second kappa shape index (κ2) is 7.97. The van der Waals surface area contributed by atoms with Gasteiger partial charge in [0.25, 0.3) is 5.91 Å². The molecule has 7 heteroatoms. The van der Waals surface area contributed by atoms with Gasteiger partial charge in [-0.2, -0.15) is 5.10 Å². The number of ether oxygens (including phenoxy) is 1. The molecule has 1 aliphatic heterocycles. The van der Waals surface area contributed by atoms with E-state index in [-0.39, 0.29) is 24.0 Å². The topological polar surface area (TPSA) is 64.4 Å². The van der Waals surface area contributed by atoms with Crippen molar-refractivity contribution in [2.45, 2.75) is 39.5 Å². The average molecular weight is 399 g/mol. The van der Waals surface area contributed by atoms with Gasteiger partial charge in [0.15, 0.2) is 12.3 Å². The molecular formula is C22H26FN3O3. The summed E-state index contributed by atoms with van der Waals surface area (Å²) in [5.41, 5.74) is 2.78. The molecule has 4 rings (SSSR count). The zero-order valence-corrected chi connectivity index (χ0v) is 16.9. The van der Waals surface area contributed by atoms with E-state index in [2.05, 4.69) is 18.9 Å². The molecule has 0 bridgehead atoms. The Morgan fingerprint density at radius 1 is 1.14 bits per heavy atom. The van der Waals surface area contributed by atoms with Gasteiger partial charge in [0.1, 0.15) is 5.82 Å². The number of amides is 1. The van der Waals surface area contributed by atoms with Crippen LogP contribution in [0.2, 0.25) is 0 Å². The van der Waals surface area contributed by atoms with Gasteiger partial charge in [-0.25, -0.2) is 13.9 Å². The number of piperidine rings is 1. The Hall–Kier alpha value is -2.70. The Labute approximate surface area is 169 Å². The highest BCUT2D eigenvalue weighted by atomic mass is 19.1. The minimum atomic E-state index is -0.574. The third-order valence-corrected chi connectivity index (χ3v) is 5.74. The number of carbonyl (C=O) groups excluding carboxylic acids is 2. The van der Waals surface area contributed by atoms with Gasteiger partial charge in [-0.15, -0.1) is 0 Å². The molecule has 2 aromatic rings. The van der Waals surface area contributed by atoms with Crippen LogP contribution in [0.1, 0.15) is 48.4 Å². The van der Waals surface area contributed by atoms with Crippen molar-refractivity contribution < 1.29 is 18.7 Å². The van der Waals surface area contributed by atoms with Crippen molar-refractivity contribution in [3.05, 3.63) is 47.0 Å². The molecule has 0 radical (unpaired) electrons. The van der Waals surface area contributed by atoms with Gasteiger partial charge in [0.2, 0.25) is 0 Å². The highest BCUT2D eigenvalue weighted by Gasteiger charge is 2.30. The molecule has 1 aromatic heterocycles. The molecule has 1 amide bonds. The quantitative estimate of drug-likeness (QED) is 0.741. The van der Waals surface area contributed by atoms with E-state index >= 15 is 0 Å². The molecule has 2 heterocycles. The molecular weight excluding hydrogens is 373 g/mol. The second-order valence-electron chi connectivity index (χ2n) is 8.34. The van der Waals surface area contributed by atoms with Crippen LogP contribution in [-0.2, 0) is 22.4 Å². The largest absolute Gasteiger partial charge is 0.451 e. The first-order valence-corrected chi connectivity index (χ1v) is 10.2. The fraction of sp³-hybridized carbons (Fsp3) is 0.500. The first-order valence-electron chi connectivity index (χ1n) is 10.2. The molecule has 2 aliphatic rings. The fourth-order valence-electron chi connectivity index (χ4n) is 4.55. The number of esters is 1. The van der Waals surface area contributed by atoms with Crippen molar-refractivity contribution in [3.63, 3.8) is 0 Å². The van der Waals surface area contributed by atoms with E-state index in [0.717, 1.165) is 36.9 Å². The van der Waals surface area contributed by atoms with E-state index in [9.17, 15) is 14.0 Å². The van der Waals surface area contributed by atoms with Crippen LogP contribution in [0.15, 0.2) is 24.3 Å². The Bertz CT molecular complexity index is 912. The molecule has 2 unspecified atom stereocenters. The summed E-state index contributed by atoms with van der Waals surface area (Å²) in [6.07, 6.45) is 3.58. The van der Waals surface area contributed by atoms with E-state index < -0.39 is 5.97 Å². The van der Waals surface area contributed by atoms with Crippen molar-refractivity contribution >= 4 is 11.9 Å². The summed E-state index contributed by atoms with van der Waals surface area (Å²) in [5, 5.41) is 4.44. The number of carbonyl (C=O) groups is 2. The van der Waals surface area contributed by atoms with Gasteiger partial charge in [-0.05, 0) is 61.8 Å². The van der Waals surface area contributed by atoms with Gasteiger partial charge in [-0.1, -0.05) is 13.8 Å². The summed E-state index contributed by atoms with van der Waals surface area (Å²) in [4.78, 5) is 27.0. The molecule has 1 aromatic carbocycles. The Morgan fingerprint density at radius 2 is 1.83 bits per heavy atom. The summed E-state index contributed by atoms with van der Waals surface area (Å²) >= 11 is 0. The number of likely N-dealkylation sites (tertiary alicyclic amines) is 1. The van der Waals surface area contributed by atoms with Crippen LogP contribution in [0.3, 0.4) is 0 Å². The minimum Gasteiger partial charge on any atom is -0.451 e. The Kier molecular flexibility index (Phi) is 5.39. The molecule has 1 saturated heterocycles. The fourth-order valence-corrected chi connectivity index (χ4v) is 4.55. The van der Waals surface area contributed by atoms with Crippen LogP contribution in [-0.4, -0.2) is 46.3 Å². The molecule has 2 atom stereocenters. The Balaban J connectivity index is 1.47. The van der Waals surface area contributed by atoms with Crippen LogP contribution in [0.5, 0.6) is 0 Å². The number of benzene rings is 1. The molecule has 1 aliphatic carbocycles. The highest BCUT2D eigenvalue weighted by Crippen LogP contribution is 2.28. The van der Waals surface area contributed by atoms with Crippen molar-refractivity contribution in [3.8, 4) is 5.69 Å². The summed E-state index contributed by atoms with van der Waals surface area (Å²) in [6, 6.07) is 6.02. The maximum atomic E-state index is 13.2. The lowest BCUT2D eigenvalue weighted by atomic mass is 9.92. The maximum absolute atomic E-state index is 13.2. The van der Waals surface area contributed by atoms with Crippen molar-refractivity contribution in [2.24, 2.45) is 11.8 Å².